The van der Waals surface area contributed by atoms with Gasteiger partial charge in [-0.05, 0) is 17.9 Å². The van der Waals surface area contributed by atoms with Crippen LogP contribution in [0.5, 0.6) is 0 Å². The Morgan fingerprint density at radius 1 is 1.33 bits per heavy atom. The van der Waals surface area contributed by atoms with E-state index in [1.165, 1.54) is 5.56 Å². The molecule has 2 rings (SSSR count). The molecule has 1 aliphatic rings. The summed E-state index contributed by atoms with van der Waals surface area (Å²) in [7, 11) is 0. The van der Waals surface area contributed by atoms with Crippen molar-refractivity contribution < 1.29 is 5.11 Å². The van der Waals surface area contributed by atoms with Crippen molar-refractivity contribution in [3.05, 3.63) is 35.9 Å². The predicted octanol–water partition coefficient (Wildman–Crippen LogP) is 1.54. The Labute approximate surface area is 91.5 Å². The molecule has 1 N–H and O–H groups in total. The molecule has 82 valence electrons. The second kappa shape index (κ2) is 4.77. The van der Waals surface area contributed by atoms with Gasteiger partial charge in [-0.25, -0.2) is 0 Å². The summed E-state index contributed by atoms with van der Waals surface area (Å²) in [6.45, 7) is 4.80. The standard InChI is InChI=1S/C13H19NO/c1-11-8-14(9-11)13(10-15)7-12-5-3-2-4-6-12/h2-6,11,13,15H,7-10H2,1H3/t13-/m1/s1. The molecule has 15 heavy (non-hydrogen) atoms. The highest BCUT2D eigenvalue weighted by Gasteiger charge is 2.28. The van der Waals surface area contributed by atoms with Gasteiger partial charge in [-0.2, -0.15) is 0 Å². The van der Waals surface area contributed by atoms with Gasteiger partial charge in [-0.1, -0.05) is 37.3 Å². The Morgan fingerprint density at radius 2 is 2.00 bits per heavy atom. The summed E-state index contributed by atoms with van der Waals surface area (Å²) in [5, 5.41) is 9.37. The van der Waals surface area contributed by atoms with E-state index in [0.29, 0.717) is 6.04 Å². The molecule has 0 radical (unpaired) electrons. The highest BCUT2D eigenvalue weighted by molar-refractivity contribution is 5.16. The molecule has 1 aromatic carbocycles. The van der Waals surface area contributed by atoms with Gasteiger partial charge in [0.1, 0.15) is 0 Å². The van der Waals surface area contributed by atoms with Crippen molar-refractivity contribution in [3.8, 4) is 0 Å². The predicted molar refractivity (Wildman–Crippen MR) is 61.8 cm³/mol. The van der Waals surface area contributed by atoms with Gasteiger partial charge in [0, 0.05) is 19.1 Å². The van der Waals surface area contributed by atoms with Gasteiger partial charge < -0.3 is 5.11 Å². The fourth-order valence-electron chi connectivity index (χ4n) is 2.24. The van der Waals surface area contributed by atoms with Crippen LogP contribution in [-0.4, -0.2) is 35.7 Å². The summed E-state index contributed by atoms with van der Waals surface area (Å²) >= 11 is 0. The molecule has 2 nitrogen and oxygen atoms in total. The number of rotatable bonds is 4. The fraction of sp³-hybridized carbons (Fsp3) is 0.538. The number of likely N-dealkylation sites (tertiary alicyclic amines) is 1. The monoisotopic (exact) mass is 205 g/mol. The van der Waals surface area contributed by atoms with Crippen molar-refractivity contribution in [2.75, 3.05) is 19.7 Å². The summed E-state index contributed by atoms with van der Waals surface area (Å²) < 4.78 is 0. The van der Waals surface area contributed by atoms with Crippen LogP contribution >= 0.6 is 0 Å². The number of aliphatic hydroxyl groups is 1. The zero-order valence-electron chi connectivity index (χ0n) is 9.26. The fourth-order valence-corrected chi connectivity index (χ4v) is 2.24. The topological polar surface area (TPSA) is 23.5 Å². The van der Waals surface area contributed by atoms with E-state index < -0.39 is 0 Å². The largest absolute Gasteiger partial charge is 0.395 e. The van der Waals surface area contributed by atoms with Crippen LogP contribution in [0.15, 0.2) is 30.3 Å². The molecule has 1 saturated heterocycles. The van der Waals surface area contributed by atoms with Crippen molar-refractivity contribution in [1.29, 1.82) is 0 Å². The van der Waals surface area contributed by atoms with Crippen LogP contribution in [0.3, 0.4) is 0 Å². The molecule has 2 heteroatoms. The van der Waals surface area contributed by atoms with Crippen LogP contribution in [0.25, 0.3) is 0 Å². The lowest BCUT2D eigenvalue weighted by atomic mass is 9.96. The Hall–Kier alpha value is -0.860. The summed E-state index contributed by atoms with van der Waals surface area (Å²) in [5.74, 6) is 0.801. The van der Waals surface area contributed by atoms with Crippen molar-refractivity contribution in [3.63, 3.8) is 0 Å². The molecule has 0 aromatic heterocycles. The first-order valence-corrected chi connectivity index (χ1v) is 5.68. The minimum atomic E-state index is 0.265. The van der Waals surface area contributed by atoms with E-state index >= 15 is 0 Å². The SMILES string of the molecule is CC1CN([C@@H](CO)Cc2ccccc2)C1. The minimum absolute atomic E-state index is 0.265. The number of benzene rings is 1. The summed E-state index contributed by atoms with van der Waals surface area (Å²) in [6.07, 6.45) is 0.962. The van der Waals surface area contributed by atoms with E-state index in [2.05, 4.69) is 36.1 Å². The third-order valence-corrected chi connectivity index (χ3v) is 3.13. The maximum Gasteiger partial charge on any atom is 0.0590 e. The molecule has 0 bridgehead atoms. The molecule has 0 aliphatic carbocycles. The number of hydrogen-bond acceptors (Lipinski definition) is 2. The summed E-state index contributed by atoms with van der Waals surface area (Å²) in [6, 6.07) is 10.7. The molecular weight excluding hydrogens is 186 g/mol. The third kappa shape index (κ3) is 2.58. The van der Waals surface area contributed by atoms with E-state index in [1.54, 1.807) is 0 Å². The molecule has 1 aromatic rings. The Kier molecular flexibility index (Phi) is 3.39. The molecule has 1 fully saturated rings. The van der Waals surface area contributed by atoms with Gasteiger partial charge in [-0.3, -0.25) is 4.90 Å². The van der Waals surface area contributed by atoms with Gasteiger partial charge in [0.05, 0.1) is 6.61 Å². The molecule has 0 unspecified atom stereocenters. The van der Waals surface area contributed by atoms with Gasteiger partial charge in [0.2, 0.25) is 0 Å². The van der Waals surface area contributed by atoms with Crippen LogP contribution in [0.4, 0.5) is 0 Å². The Morgan fingerprint density at radius 3 is 2.53 bits per heavy atom. The highest BCUT2D eigenvalue weighted by Crippen LogP contribution is 2.19. The third-order valence-electron chi connectivity index (χ3n) is 3.13. The van der Waals surface area contributed by atoms with Crippen molar-refractivity contribution >= 4 is 0 Å². The van der Waals surface area contributed by atoms with E-state index in [-0.39, 0.29) is 6.61 Å². The quantitative estimate of drug-likeness (QED) is 0.806. The van der Waals surface area contributed by atoms with Crippen LogP contribution in [-0.2, 0) is 6.42 Å². The number of hydrogen-bond donors (Lipinski definition) is 1. The van der Waals surface area contributed by atoms with Crippen LogP contribution in [0.2, 0.25) is 0 Å². The second-order valence-electron chi connectivity index (χ2n) is 4.59. The van der Waals surface area contributed by atoms with Crippen LogP contribution < -0.4 is 0 Å². The van der Waals surface area contributed by atoms with E-state index in [0.717, 1.165) is 25.4 Å². The molecule has 1 aliphatic heterocycles. The minimum Gasteiger partial charge on any atom is -0.395 e. The van der Waals surface area contributed by atoms with Crippen LogP contribution in [0, 0.1) is 5.92 Å². The molecule has 0 amide bonds. The van der Waals surface area contributed by atoms with E-state index in [4.69, 9.17) is 0 Å². The zero-order valence-corrected chi connectivity index (χ0v) is 9.26. The maximum absolute atomic E-state index is 9.37. The average Bonchev–Trinajstić information content (AvgIpc) is 2.23. The molecular formula is C13H19NO. The lowest BCUT2D eigenvalue weighted by molar-refractivity contribution is 0.0318. The lowest BCUT2D eigenvalue weighted by Gasteiger charge is -2.42. The smallest absolute Gasteiger partial charge is 0.0590 e. The van der Waals surface area contributed by atoms with Gasteiger partial charge >= 0.3 is 0 Å². The van der Waals surface area contributed by atoms with Crippen LogP contribution in [0.1, 0.15) is 12.5 Å². The molecule has 1 atom stereocenters. The van der Waals surface area contributed by atoms with E-state index in [1.807, 2.05) is 6.07 Å². The van der Waals surface area contributed by atoms with Crippen molar-refractivity contribution in [2.45, 2.75) is 19.4 Å². The Bertz CT molecular complexity index is 293. The molecule has 0 saturated carbocycles. The van der Waals surface area contributed by atoms with Gasteiger partial charge in [-0.15, -0.1) is 0 Å². The second-order valence-corrected chi connectivity index (χ2v) is 4.59. The average molecular weight is 205 g/mol. The normalized spacial score (nSPS) is 19.9. The van der Waals surface area contributed by atoms with Gasteiger partial charge in [0.25, 0.3) is 0 Å². The number of aliphatic hydroxyl groups excluding tert-OH is 1. The maximum atomic E-state index is 9.37. The van der Waals surface area contributed by atoms with Crippen molar-refractivity contribution in [1.82, 2.24) is 4.90 Å². The number of nitrogens with zero attached hydrogens (tertiary/aromatic N) is 1. The Balaban J connectivity index is 1.91. The molecule has 0 spiro atoms. The first kappa shape index (κ1) is 10.7. The first-order valence-electron chi connectivity index (χ1n) is 5.68. The lowest BCUT2D eigenvalue weighted by Crippen LogP contribution is -2.53. The summed E-state index contributed by atoms with van der Waals surface area (Å²) in [5.41, 5.74) is 1.32. The highest BCUT2D eigenvalue weighted by atomic mass is 16.3. The summed E-state index contributed by atoms with van der Waals surface area (Å²) in [4.78, 5) is 2.37. The van der Waals surface area contributed by atoms with Gasteiger partial charge in [0.15, 0.2) is 0 Å². The zero-order chi connectivity index (χ0) is 10.7. The first-order chi connectivity index (χ1) is 7.29. The molecule has 1 heterocycles. The van der Waals surface area contributed by atoms with Crippen molar-refractivity contribution in [2.24, 2.45) is 5.92 Å². The van der Waals surface area contributed by atoms with E-state index in [9.17, 15) is 5.11 Å².